The molecule has 1 unspecified atom stereocenters. The molecule has 6 nitrogen and oxygen atoms in total. The molecule has 1 fully saturated rings. The van der Waals surface area contributed by atoms with E-state index in [0.717, 1.165) is 27.5 Å². The van der Waals surface area contributed by atoms with Crippen LogP contribution in [-0.2, 0) is 21.2 Å². The van der Waals surface area contributed by atoms with Crippen molar-refractivity contribution in [2.75, 3.05) is 15.4 Å². The van der Waals surface area contributed by atoms with Gasteiger partial charge in [-0.15, -0.1) is 0 Å². The molecule has 2 aromatic rings. The molecule has 142 valence electrons. The average molecular weight is 386 g/mol. The summed E-state index contributed by atoms with van der Waals surface area (Å²) in [6, 6.07) is 11.9. The summed E-state index contributed by atoms with van der Waals surface area (Å²) in [4.78, 5) is 24.8. The first kappa shape index (κ1) is 19.1. The van der Waals surface area contributed by atoms with Crippen LogP contribution in [0.3, 0.4) is 0 Å². The van der Waals surface area contributed by atoms with E-state index in [1.165, 1.54) is 24.3 Å². The van der Waals surface area contributed by atoms with Crippen molar-refractivity contribution in [2.45, 2.75) is 27.2 Å². The maximum absolute atomic E-state index is 12.6. The van der Waals surface area contributed by atoms with E-state index < -0.39 is 21.8 Å². The van der Waals surface area contributed by atoms with Crippen molar-refractivity contribution in [3.05, 3.63) is 59.2 Å². The summed E-state index contributed by atoms with van der Waals surface area (Å²) in [6.07, 6.45) is 0.795. The van der Waals surface area contributed by atoms with Crippen LogP contribution in [0.2, 0.25) is 0 Å². The largest absolute Gasteiger partial charge is 0.321 e. The molecule has 0 radical (unpaired) electrons. The summed E-state index contributed by atoms with van der Waals surface area (Å²) in [7, 11) is -3.65. The van der Waals surface area contributed by atoms with Gasteiger partial charge in [-0.1, -0.05) is 32.0 Å². The molecule has 2 amide bonds. The lowest BCUT2D eigenvalue weighted by Crippen LogP contribution is -2.30. The Kier molecular flexibility index (Phi) is 5.06. The number of nitrogens with zero attached hydrogens (tertiary/aromatic N) is 1. The van der Waals surface area contributed by atoms with E-state index in [9.17, 15) is 18.0 Å². The number of sulfonamides is 1. The van der Waals surface area contributed by atoms with Gasteiger partial charge in [-0.05, 0) is 48.7 Å². The second kappa shape index (κ2) is 7.15. The number of anilines is 2. The minimum Gasteiger partial charge on any atom is -0.321 e. The second-order valence-corrected chi connectivity index (χ2v) is 8.61. The monoisotopic (exact) mass is 386 g/mol. The second-order valence-electron chi connectivity index (χ2n) is 6.75. The Morgan fingerprint density at radius 1 is 1.19 bits per heavy atom. The molecule has 1 aliphatic rings. The number of hydrogen-bond donors (Lipinski definition) is 1. The van der Waals surface area contributed by atoms with Gasteiger partial charge in [0.05, 0.1) is 17.4 Å². The lowest BCUT2D eigenvalue weighted by Gasteiger charge is -2.16. The number of benzene rings is 2. The van der Waals surface area contributed by atoms with Gasteiger partial charge in [0.2, 0.25) is 15.9 Å². The third-order valence-electron chi connectivity index (χ3n) is 4.70. The summed E-state index contributed by atoms with van der Waals surface area (Å²) >= 11 is 0. The lowest BCUT2D eigenvalue weighted by molar-refractivity contribution is -0.119. The van der Waals surface area contributed by atoms with Gasteiger partial charge in [0.15, 0.2) is 0 Å². The molecule has 2 aromatic carbocycles. The first-order valence-electron chi connectivity index (χ1n) is 8.81. The van der Waals surface area contributed by atoms with E-state index in [2.05, 4.69) is 5.32 Å². The highest BCUT2D eigenvalue weighted by atomic mass is 32.2. The van der Waals surface area contributed by atoms with E-state index >= 15 is 0 Å². The molecule has 1 atom stereocenters. The zero-order chi connectivity index (χ0) is 19.8. The van der Waals surface area contributed by atoms with Crippen LogP contribution >= 0.6 is 0 Å². The van der Waals surface area contributed by atoms with Crippen LogP contribution in [-0.4, -0.2) is 26.0 Å². The van der Waals surface area contributed by atoms with Gasteiger partial charge in [0, 0.05) is 11.3 Å². The Labute approximate surface area is 159 Å². The van der Waals surface area contributed by atoms with Crippen LogP contribution in [0, 0.1) is 12.8 Å². The fourth-order valence-corrected chi connectivity index (χ4v) is 5.04. The van der Waals surface area contributed by atoms with E-state index in [-0.39, 0.29) is 17.3 Å². The molecule has 1 saturated heterocycles. The van der Waals surface area contributed by atoms with Gasteiger partial charge in [0.25, 0.3) is 5.91 Å². The number of carbonyl (C=O) groups is 2. The van der Waals surface area contributed by atoms with Crippen LogP contribution in [0.15, 0.2) is 42.5 Å². The zero-order valence-corrected chi connectivity index (χ0v) is 16.3. The Morgan fingerprint density at radius 3 is 2.41 bits per heavy atom. The lowest BCUT2D eigenvalue weighted by atomic mass is 10.1. The van der Waals surface area contributed by atoms with E-state index in [4.69, 9.17) is 0 Å². The molecular formula is C20H22N2O4S. The number of amides is 2. The van der Waals surface area contributed by atoms with Crippen LogP contribution in [0.1, 0.15) is 35.3 Å². The molecular weight excluding hydrogens is 364 g/mol. The SMILES string of the molecule is CCc1cccc(C)c1NC(=O)c1ccc(N2C(=O)C(C)CS2(=O)=O)cc1. The summed E-state index contributed by atoms with van der Waals surface area (Å²) in [5, 5.41) is 2.93. The Hall–Kier alpha value is -2.67. The van der Waals surface area contributed by atoms with Crippen LogP contribution in [0.5, 0.6) is 0 Å². The molecule has 0 saturated carbocycles. The predicted octanol–water partition coefficient (Wildman–Crippen LogP) is 3.12. The Balaban J connectivity index is 1.84. The minimum atomic E-state index is -3.65. The predicted molar refractivity (Wildman–Crippen MR) is 105 cm³/mol. The maximum Gasteiger partial charge on any atom is 0.255 e. The maximum atomic E-state index is 12.6. The van der Waals surface area contributed by atoms with Crippen molar-refractivity contribution < 1.29 is 18.0 Å². The van der Waals surface area contributed by atoms with Gasteiger partial charge >= 0.3 is 0 Å². The third kappa shape index (κ3) is 3.60. The van der Waals surface area contributed by atoms with Gasteiger partial charge in [-0.3, -0.25) is 9.59 Å². The molecule has 1 aliphatic heterocycles. The molecule has 27 heavy (non-hydrogen) atoms. The Bertz CT molecular complexity index is 997. The van der Waals surface area contributed by atoms with E-state index in [1.54, 1.807) is 6.92 Å². The van der Waals surface area contributed by atoms with Crippen molar-refractivity contribution in [1.82, 2.24) is 0 Å². The molecule has 3 rings (SSSR count). The fourth-order valence-electron chi connectivity index (χ4n) is 3.22. The van der Waals surface area contributed by atoms with Gasteiger partial charge < -0.3 is 5.32 Å². The van der Waals surface area contributed by atoms with Gasteiger partial charge in [-0.25, -0.2) is 12.7 Å². The molecule has 7 heteroatoms. The molecule has 0 bridgehead atoms. The first-order valence-corrected chi connectivity index (χ1v) is 10.4. The minimum absolute atomic E-state index is 0.193. The molecule has 0 spiro atoms. The quantitative estimate of drug-likeness (QED) is 0.875. The van der Waals surface area contributed by atoms with Crippen molar-refractivity contribution in [1.29, 1.82) is 0 Å². The normalized spacial score (nSPS) is 18.6. The highest BCUT2D eigenvalue weighted by Gasteiger charge is 2.41. The summed E-state index contributed by atoms with van der Waals surface area (Å²) in [5.41, 5.74) is 3.46. The Morgan fingerprint density at radius 2 is 1.85 bits per heavy atom. The zero-order valence-electron chi connectivity index (χ0n) is 15.5. The standard InChI is InChI=1S/C20H22N2O4S/c1-4-15-7-5-6-13(2)18(15)21-19(23)16-8-10-17(11-9-16)22-20(24)14(3)12-27(22,25)26/h5-11,14H,4,12H2,1-3H3,(H,21,23). The van der Waals surface area contributed by atoms with Gasteiger partial charge in [-0.2, -0.15) is 0 Å². The number of rotatable bonds is 4. The number of carbonyl (C=O) groups excluding carboxylic acids is 2. The summed E-state index contributed by atoms with van der Waals surface area (Å²) in [6.45, 7) is 5.55. The number of para-hydroxylation sites is 1. The average Bonchev–Trinajstić information content (AvgIpc) is 2.83. The summed E-state index contributed by atoms with van der Waals surface area (Å²) in [5.74, 6) is -1.48. The van der Waals surface area contributed by atoms with Gasteiger partial charge in [0.1, 0.15) is 0 Å². The smallest absolute Gasteiger partial charge is 0.255 e. The van der Waals surface area contributed by atoms with Crippen molar-refractivity contribution >= 4 is 33.2 Å². The topological polar surface area (TPSA) is 83.6 Å². The molecule has 1 N–H and O–H groups in total. The molecule has 0 aromatic heterocycles. The number of nitrogens with one attached hydrogen (secondary N) is 1. The highest BCUT2D eigenvalue weighted by Crippen LogP contribution is 2.28. The fraction of sp³-hybridized carbons (Fsp3) is 0.300. The third-order valence-corrected chi connectivity index (χ3v) is 6.57. The van der Waals surface area contributed by atoms with Crippen molar-refractivity contribution in [3.8, 4) is 0 Å². The summed E-state index contributed by atoms with van der Waals surface area (Å²) < 4.78 is 25.2. The van der Waals surface area contributed by atoms with Crippen LogP contribution < -0.4 is 9.62 Å². The molecule has 0 aliphatic carbocycles. The van der Waals surface area contributed by atoms with Crippen LogP contribution in [0.25, 0.3) is 0 Å². The van der Waals surface area contributed by atoms with Crippen LogP contribution in [0.4, 0.5) is 11.4 Å². The number of hydrogen-bond acceptors (Lipinski definition) is 4. The van der Waals surface area contributed by atoms with Crippen molar-refractivity contribution in [3.63, 3.8) is 0 Å². The first-order chi connectivity index (χ1) is 12.7. The molecule has 1 heterocycles. The number of aryl methyl sites for hydroxylation is 2. The van der Waals surface area contributed by atoms with E-state index in [0.29, 0.717) is 5.56 Å². The van der Waals surface area contributed by atoms with E-state index in [1.807, 2.05) is 32.0 Å². The van der Waals surface area contributed by atoms with Crippen molar-refractivity contribution in [2.24, 2.45) is 5.92 Å². The highest BCUT2D eigenvalue weighted by molar-refractivity contribution is 7.94.